The van der Waals surface area contributed by atoms with Crippen molar-refractivity contribution >= 4 is 6.09 Å². The van der Waals surface area contributed by atoms with Gasteiger partial charge in [0.05, 0.1) is 6.10 Å². The van der Waals surface area contributed by atoms with Crippen LogP contribution in [0.5, 0.6) is 0 Å². The van der Waals surface area contributed by atoms with Gasteiger partial charge in [-0.2, -0.15) is 0 Å². The second kappa shape index (κ2) is 4.73. The van der Waals surface area contributed by atoms with Crippen molar-refractivity contribution in [1.82, 2.24) is 4.90 Å². The monoisotopic (exact) mass is 159 g/mol. The van der Waals surface area contributed by atoms with Gasteiger partial charge < -0.3 is 15.1 Å². The van der Waals surface area contributed by atoms with Crippen molar-refractivity contribution < 1.29 is 15.0 Å². The molecule has 0 aromatic rings. The molecule has 4 heteroatoms. The van der Waals surface area contributed by atoms with E-state index in [-0.39, 0.29) is 0 Å². The fourth-order valence-corrected chi connectivity index (χ4v) is 0.539. The van der Waals surface area contributed by atoms with E-state index in [0.717, 1.165) is 4.90 Å². The van der Waals surface area contributed by atoms with Gasteiger partial charge in [-0.1, -0.05) is 6.08 Å². The van der Waals surface area contributed by atoms with Gasteiger partial charge in [-0.15, -0.1) is 6.58 Å². The fraction of sp³-hybridized carbons (Fsp3) is 0.571. The van der Waals surface area contributed by atoms with Gasteiger partial charge in [0, 0.05) is 13.6 Å². The lowest BCUT2D eigenvalue weighted by atomic mass is 10.2. The third-order valence-corrected chi connectivity index (χ3v) is 1.36. The molecular weight excluding hydrogens is 146 g/mol. The molecule has 0 radical (unpaired) electrons. The number of hydrogen-bond acceptors (Lipinski definition) is 2. The third kappa shape index (κ3) is 4.38. The Hall–Kier alpha value is -1.03. The van der Waals surface area contributed by atoms with Crippen molar-refractivity contribution in [2.24, 2.45) is 0 Å². The van der Waals surface area contributed by atoms with E-state index in [1.54, 1.807) is 0 Å². The van der Waals surface area contributed by atoms with Crippen molar-refractivity contribution in [3.63, 3.8) is 0 Å². The molecule has 0 aromatic carbocycles. The van der Waals surface area contributed by atoms with Gasteiger partial charge >= 0.3 is 6.09 Å². The lowest BCUT2D eigenvalue weighted by molar-refractivity contribution is 0.144. The average Bonchev–Trinajstić information content (AvgIpc) is 1.99. The first-order valence-electron chi connectivity index (χ1n) is 3.32. The Morgan fingerprint density at radius 3 is 2.73 bits per heavy atom. The summed E-state index contributed by atoms with van der Waals surface area (Å²) in [5, 5.41) is 17.3. The molecule has 64 valence electrons. The quantitative estimate of drug-likeness (QED) is 0.588. The van der Waals surface area contributed by atoms with Crippen molar-refractivity contribution in [3.8, 4) is 0 Å². The number of carboxylic acid groups (broad SMARTS) is 1. The fourth-order valence-electron chi connectivity index (χ4n) is 0.539. The molecule has 0 rings (SSSR count). The van der Waals surface area contributed by atoms with Gasteiger partial charge in [0.2, 0.25) is 0 Å². The van der Waals surface area contributed by atoms with Gasteiger partial charge in [-0.25, -0.2) is 4.79 Å². The smallest absolute Gasteiger partial charge is 0.407 e. The first-order chi connectivity index (χ1) is 5.07. The Kier molecular flexibility index (Phi) is 4.29. The zero-order chi connectivity index (χ0) is 8.85. The van der Waals surface area contributed by atoms with Gasteiger partial charge in [0.15, 0.2) is 0 Å². The van der Waals surface area contributed by atoms with E-state index in [2.05, 4.69) is 6.58 Å². The second-order valence-corrected chi connectivity index (χ2v) is 2.30. The highest BCUT2D eigenvalue weighted by molar-refractivity contribution is 5.64. The summed E-state index contributed by atoms with van der Waals surface area (Å²) in [5.74, 6) is 0. The lowest BCUT2D eigenvalue weighted by Gasteiger charge is -2.13. The highest BCUT2D eigenvalue weighted by Gasteiger charge is 2.06. The minimum Gasteiger partial charge on any atom is -0.465 e. The number of amides is 1. The van der Waals surface area contributed by atoms with Crippen molar-refractivity contribution in [3.05, 3.63) is 12.7 Å². The second-order valence-electron chi connectivity index (χ2n) is 2.30. The van der Waals surface area contributed by atoms with Gasteiger partial charge in [-0.05, 0) is 6.42 Å². The molecule has 0 aliphatic heterocycles. The average molecular weight is 159 g/mol. The molecular formula is C7H13NO3. The van der Waals surface area contributed by atoms with Crippen LogP contribution in [0.1, 0.15) is 6.42 Å². The van der Waals surface area contributed by atoms with E-state index in [0.29, 0.717) is 13.0 Å². The molecule has 0 saturated heterocycles. The normalized spacial score (nSPS) is 12.2. The largest absolute Gasteiger partial charge is 0.465 e. The number of aliphatic hydroxyl groups excluding tert-OH is 1. The molecule has 4 nitrogen and oxygen atoms in total. The molecule has 0 aromatic heterocycles. The Balaban J connectivity index is 3.53. The molecule has 0 aliphatic carbocycles. The van der Waals surface area contributed by atoms with Crippen LogP contribution in [0, 0.1) is 0 Å². The topological polar surface area (TPSA) is 60.8 Å². The van der Waals surface area contributed by atoms with Crippen molar-refractivity contribution in [2.45, 2.75) is 12.5 Å². The summed E-state index contributed by atoms with van der Waals surface area (Å²) in [6, 6.07) is 0. The van der Waals surface area contributed by atoms with Crippen LogP contribution in [0.2, 0.25) is 0 Å². The van der Waals surface area contributed by atoms with E-state index in [1.165, 1.54) is 13.1 Å². The molecule has 0 heterocycles. The van der Waals surface area contributed by atoms with Crippen LogP contribution in [0.25, 0.3) is 0 Å². The summed E-state index contributed by atoms with van der Waals surface area (Å²) in [6.07, 6.45) is 0.181. The van der Waals surface area contributed by atoms with E-state index in [9.17, 15) is 4.79 Å². The number of rotatable bonds is 4. The molecule has 2 N–H and O–H groups in total. The molecule has 0 aliphatic rings. The van der Waals surface area contributed by atoms with Crippen LogP contribution in [-0.2, 0) is 0 Å². The minimum absolute atomic E-state index is 0.322. The minimum atomic E-state index is -0.985. The summed E-state index contributed by atoms with van der Waals surface area (Å²) in [5.41, 5.74) is 0. The van der Waals surface area contributed by atoms with Crippen LogP contribution < -0.4 is 0 Å². The molecule has 1 atom stereocenters. The highest BCUT2D eigenvalue weighted by Crippen LogP contribution is 1.94. The Labute approximate surface area is 65.7 Å². The Morgan fingerprint density at radius 1 is 1.82 bits per heavy atom. The zero-order valence-electron chi connectivity index (χ0n) is 6.53. The molecule has 0 saturated carbocycles. The third-order valence-electron chi connectivity index (χ3n) is 1.36. The van der Waals surface area contributed by atoms with Crippen LogP contribution in [0.15, 0.2) is 12.7 Å². The maximum Gasteiger partial charge on any atom is 0.407 e. The van der Waals surface area contributed by atoms with E-state index >= 15 is 0 Å². The van der Waals surface area contributed by atoms with Crippen molar-refractivity contribution in [1.29, 1.82) is 0 Å². The van der Waals surface area contributed by atoms with E-state index in [4.69, 9.17) is 10.2 Å². The van der Waals surface area contributed by atoms with Crippen LogP contribution in [0.3, 0.4) is 0 Å². The predicted molar refractivity (Wildman–Crippen MR) is 41.5 cm³/mol. The Bertz CT molecular complexity index is 147. The summed E-state index contributed by atoms with van der Waals surface area (Å²) < 4.78 is 0. The number of hydrogen-bond donors (Lipinski definition) is 2. The maximum absolute atomic E-state index is 10.2. The molecule has 0 bridgehead atoms. The number of aliphatic hydroxyl groups is 1. The van der Waals surface area contributed by atoms with Crippen LogP contribution in [-0.4, -0.2) is 40.9 Å². The standard InChI is InChI=1S/C7H13NO3/c1-3-6(9)4-5-8(2)7(10)11/h3,6,9H,1,4-5H2,2H3,(H,10,11). The molecule has 11 heavy (non-hydrogen) atoms. The van der Waals surface area contributed by atoms with Gasteiger partial charge in [-0.3, -0.25) is 0 Å². The maximum atomic E-state index is 10.2. The summed E-state index contributed by atoms with van der Waals surface area (Å²) >= 11 is 0. The zero-order valence-corrected chi connectivity index (χ0v) is 6.53. The first-order valence-corrected chi connectivity index (χ1v) is 3.32. The molecule has 1 amide bonds. The molecule has 0 fully saturated rings. The van der Waals surface area contributed by atoms with Crippen LogP contribution in [0.4, 0.5) is 4.79 Å². The van der Waals surface area contributed by atoms with Gasteiger partial charge in [0.1, 0.15) is 0 Å². The lowest BCUT2D eigenvalue weighted by Crippen LogP contribution is -2.27. The SMILES string of the molecule is C=CC(O)CCN(C)C(=O)O. The van der Waals surface area contributed by atoms with E-state index in [1.807, 2.05) is 0 Å². The number of nitrogens with zero attached hydrogens (tertiary/aromatic N) is 1. The molecule has 0 spiro atoms. The number of carbonyl (C=O) groups is 1. The molecule has 1 unspecified atom stereocenters. The first kappa shape index (κ1) is 9.97. The van der Waals surface area contributed by atoms with Crippen molar-refractivity contribution in [2.75, 3.05) is 13.6 Å². The summed E-state index contributed by atoms with van der Waals surface area (Å²) in [6.45, 7) is 3.69. The van der Waals surface area contributed by atoms with Crippen LogP contribution >= 0.6 is 0 Å². The Morgan fingerprint density at radius 2 is 2.36 bits per heavy atom. The predicted octanol–water partition coefficient (Wildman–Crippen LogP) is 0.533. The van der Waals surface area contributed by atoms with Gasteiger partial charge in [0.25, 0.3) is 0 Å². The summed E-state index contributed by atoms with van der Waals surface area (Å²) in [4.78, 5) is 11.3. The summed E-state index contributed by atoms with van der Waals surface area (Å²) in [7, 11) is 1.46. The highest BCUT2D eigenvalue weighted by atomic mass is 16.4. The van der Waals surface area contributed by atoms with E-state index < -0.39 is 12.2 Å².